The summed E-state index contributed by atoms with van der Waals surface area (Å²) in [6.07, 6.45) is -8.06. The smallest absolute Gasteiger partial charge is 0.398 e. The van der Waals surface area contributed by atoms with E-state index in [1.54, 1.807) is 4.90 Å². The van der Waals surface area contributed by atoms with Crippen molar-refractivity contribution < 1.29 is 35.9 Å². The Kier molecular flexibility index (Phi) is 7.53. The molecule has 0 atom stereocenters. The monoisotopic (exact) mass is 494 g/mol. The molecule has 2 heterocycles. The van der Waals surface area contributed by atoms with Gasteiger partial charge in [-0.05, 0) is 37.0 Å². The molecule has 0 saturated carbocycles. The summed E-state index contributed by atoms with van der Waals surface area (Å²) < 4.78 is 79.1. The van der Waals surface area contributed by atoms with Gasteiger partial charge in [0.25, 0.3) is 0 Å². The van der Waals surface area contributed by atoms with Gasteiger partial charge in [-0.2, -0.15) is 26.3 Å². The molecule has 2 saturated heterocycles. The molecule has 1 radical (unpaired) electrons. The van der Waals surface area contributed by atoms with Crippen molar-refractivity contribution in [2.24, 2.45) is 5.73 Å². The third-order valence-electron chi connectivity index (χ3n) is 6.28. The van der Waals surface area contributed by atoms with E-state index in [9.17, 15) is 35.9 Å². The highest BCUT2D eigenvalue weighted by molar-refractivity contribution is 5.85. The van der Waals surface area contributed by atoms with Crippen molar-refractivity contribution in [2.75, 3.05) is 45.0 Å². The highest BCUT2D eigenvalue weighted by atomic mass is 19.4. The number of amides is 3. The van der Waals surface area contributed by atoms with E-state index in [1.807, 2.05) is 0 Å². The Morgan fingerprint density at radius 3 is 1.82 bits per heavy atom. The highest BCUT2D eigenvalue weighted by Gasteiger charge is 2.40. The second-order valence-corrected chi connectivity index (χ2v) is 8.43. The lowest BCUT2D eigenvalue weighted by Crippen LogP contribution is -2.55. The first-order valence-electron chi connectivity index (χ1n) is 10.7. The Hall–Kier alpha value is -2.70. The number of primary amides is 1. The summed E-state index contributed by atoms with van der Waals surface area (Å²) in [6, 6.07) is 0.861. The van der Waals surface area contributed by atoms with Gasteiger partial charge in [-0.15, -0.1) is 0 Å². The fraction of sp³-hybridized carbons (Fsp3) is 0.571. The average molecular weight is 494 g/mol. The molecule has 34 heavy (non-hydrogen) atoms. The zero-order valence-corrected chi connectivity index (χ0v) is 18.3. The number of alkyl halides is 6. The number of piperazine rings is 1. The van der Waals surface area contributed by atoms with Crippen molar-refractivity contribution >= 4 is 17.6 Å². The van der Waals surface area contributed by atoms with E-state index in [0.29, 0.717) is 64.2 Å². The summed E-state index contributed by atoms with van der Waals surface area (Å²) in [6.45, 7) is 3.24. The number of rotatable bonds is 4. The molecule has 4 N–H and O–H groups in total. The van der Waals surface area contributed by atoms with Gasteiger partial charge in [0.2, 0.25) is 5.91 Å². The van der Waals surface area contributed by atoms with E-state index in [0.717, 1.165) is 6.42 Å². The second kappa shape index (κ2) is 9.88. The van der Waals surface area contributed by atoms with Crippen LogP contribution in [0.1, 0.15) is 29.5 Å². The maximum absolute atomic E-state index is 13.2. The van der Waals surface area contributed by atoms with Gasteiger partial charge in [-0.25, -0.2) is 4.79 Å². The number of hydrogen-bond donors (Lipinski definition) is 2. The third-order valence-corrected chi connectivity index (χ3v) is 6.28. The number of nitrogens with zero attached hydrogens (tertiary/aromatic N) is 3. The molecule has 2 aliphatic heterocycles. The molecule has 0 unspecified atom stereocenters. The quantitative estimate of drug-likeness (QED) is 0.497. The predicted molar refractivity (Wildman–Crippen MR) is 111 cm³/mol. The van der Waals surface area contributed by atoms with Crippen molar-refractivity contribution in [3.63, 3.8) is 0 Å². The number of likely N-dealkylation sites (tertiary alicyclic amines) is 1. The fourth-order valence-electron chi connectivity index (χ4n) is 4.39. The van der Waals surface area contributed by atoms with E-state index in [4.69, 9.17) is 11.5 Å². The maximum Gasteiger partial charge on any atom is 0.418 e. The Morgan fingerprint density at radius 2 is 1.38 bits per heavy atom. The molecule has 0 aromatic heterocycles. The lowest BCUT2D eigenvalue weighted by atomic mass is 9.98. The molecule has 1 aromatic rings. The Morgan fingerprint density at radius 1 is 0.882 bits per heavy atom. The Labute approximate surface area is 192 Å². The lowest BCUT2D eigenvalue weighted by Gasteiger charge is -2.42. The Bertz CT molecular complexity index is 869. The van der Waals surface area contributed by atoms with E-state index < -0.39 is 41.1 Å². The summed E-state index contributed by atoms with van der Waals surface area (Å²) in [5.74, 6) is -0.448. The number of carbonyl (C=O) groups excluding carboxylic acids is 2. The first kappa shape index (κ1) is 25.9. The number of piperidine rings is 1. The minimum absolute atomic E-state index is 0.222. The van der Waals surface area contributed by atoms with E-state index in [-0.39, 0.29) is 18.0 Å². The van der Waals surface area contributed by atoms with Crippen LogP contribution in [0.2, 0.25) is 0 Å². The highest BCUT2D eigenvalue weighted by Crippen LogP contribution is 2.42. The molecule has 0 spiro atoms. The summed E-state index contributed by atoms with van der Waals surface area (Å²) in [4.78, 5) is 29.1. The minimum atomic E-state index is -5.06. The molecule has 2 aliphatic rings. The van der Waals surface area contributed by atoms with E-state index in [2.05, 4.69) is 4.90 Å². The predicted octanol–water partition coefficient (Wildman–Crippen LogP) is 2.74. The van der Waals surface area contributed by atoms with Crippen molar-refractivity contribution in [3.05, 3.63) is 35.2 Å². The molecule has 3 amide bonds. The lowest BCUT2D eigenvalue weighted by molar-refractivity contribution is -0.141. The van der Waals surface area contributed by atoms with Crippen molar-refractivity contribution in [1.29, 1.82) is 0 Å². The summed E-state index contributed by atoms with van der Waals surface area (Å²) >= 11 is 0. The zero-order valence-electron chi connectivity index (χ0n) is 18.3. The van der Waals surface area contributed by atoms with Crippen LogP contribution in [0.25, 0.3) is 0 Å². The summed E-state index contributed by atoms with van der Waals surface area (Å²) in [5, 5.41) is 0. The SMILES string of the molecule is NC(=O)N1CCN(C2CCN(C(=O)[CH]Cc3cc(C(F)(F)F)c(N)c(C(F)(F)F)c3)CC2)CC1. The molecule has 0 bridgehead atoms. The van der Waals surface area contributed by atoms with Crippen molar-refractivity contribution in [2.45, 2.75) is 37.7 Å². The van der Waals surface area contributed by atoms with Crippen LogP contribution in [0.5, 0.6) is 0 Å². The molecule has 1 aromatic carbocycles. The molecule has 13 heteroatoms. The number of anilines is 1. The van der Waals surface area contributed by atoms with Gasteiger partial charge in [-0.1, -0.05) is 0 Å². The maximum atomic E-state index is 13.2. The van der Waals surface area contributed by atoms with Crippen LogP contribution in [-0.4, -0.2) is 71.9 Å². The van der Waals surface area contributed by atoms with Crippen molar-refractivity contribution in [3.8, 4) is 0 Å². The molecule has 2 fully saturated rings. The van der Waals surface area contributed by atoms with Gasteiger partial charge >= 0.3 is 18.4 Å². The van der Waals surface area contributed by atoms with Gasteiger partial charge in [-0.3, -0.25) is 9.69 Å². The number of nitrogens with two attached hydrogens (primary N) is 2. The number of carbonyl (C=O) groups is 2. The Balaban J connectivity index is 1.57. The molecular formula is C21H26F6N5O2. The second-order valence-electron chi connectivity index (χ2n) is 8.43. The van der Waals surface area contributed by atoms with Crippen LogP contribution in [0.15, 0.2) is 12.1 Å². The zero-order chi connectivity index (χ0) is 25.3. The number of benzene rings is 1. The average Bonchev–Trinajstić information content (AvgIpc) is 2.76. The minimum Gasteiger partial charge on any atom is -0.398 e. The van der Waals surface area contributed by atoms with Crippen LogP contribution >= 0.6 is 0 Å². The van der Waals surface area contributed by atoms with Gasteiger partial charge < -0.3 is 21.3 Å². The number of halogens is 6. The van der Waals surface area contributed by atoms with E-state index in [1.165, 1.54) is 4.90 Å². The normalized spacial score (nSPS) is 18.9. The van der Waals surface area contributed by atoms with Crippen LogP contribution in [0.4, 0.5) is 36.8 Å². The van der Waals surface area contributed by atoms with Gasteiger partial charge in [0.15, 0.2) is 0 Å². The summed E-state index contributed by atoms with van der Waals surface area (Å²) in [5.41, 5.74) is 5.59. The van der Waals surface area contributed by atoms with Crippen LogP contribution in [0, 0.1) is 6.42 Å². The number of hydrogen-bond acceptors (Lipinski definition) is 4. The van der Waals surface area contributed by atoms with E-state index >= 15 is 0 Å². The third kappa shape index (κ3) is 6.05. The standard InChI is InChI=1S/C21H26F6N5O2/c22-20(23,24)15-11-13(12-16(18(15)28)21(25,26)27)1-2-17(33)31-5-3-14(4-6-31)30-7-9-32(10-8-30)19(29)34/h2,11-12,14H,1,3-10,28H2,(H2,29,34). The largest absolute Gasteiger partial charge is 0.418 e. The molecular weight excluding hydrogens is 468 g/mol. The molecule has 7 nitrogen and oxygen atoms in total. The topological polar surface area (TPSA) is 95.9 Å². The van der Waals surface area contributed by atoms with Gasteiger partial charge in [0.1, 0.15) is 0 Å². The molecule has 3 rings (SSSR count). The number of nitrogen functional groups attached to an aromatic ring is 1. The first-order chi connectivity index (χ1) is 15.8. The number of urea groups is 1. The van der Waals surface area contributed by atoms with Gasteiger partial charge in [0, 0.05) is 45.3 Å². The van der Waals surface area contributed by atoms with Crippen LogP contribution in [-0.2, 0) is 23.6 Å². The first-order valence-corrected chi connectivity index (χ1v) is 10.7. The van der Waals surface area contributed by atoms with Gasteiger partial charge in [0.05, 0.1) is 23.2 Å². The van der Waals surface area contributed by atoms with Crippen LogP contribution in [0.3, 0.4) is 0 Å². The molecule has 0 aliphatic carbocycles. The summed E-state index contributed by atoms with van der Waals surface area (Å²) in [7, 11) is 0. The van der Waals surface area contributed by atoms with Crippen molar-refractivity contribution in [1.82, 2.24) is 14.7 Å². The fourth-order valence-corrected chi connectivity index (χ4v) is 4.39. The molecule has 189 valence electrons. The van der Waals surface area contributed by atoms with Crippen LogP contribution < -0.4 is 11.5 Å².